The van der Waals surface area contributed by atoms with Crippen molar-refractivity contribution in [1.82, 2.24) is 4.57 Å². The van der Waals surface area contributed by atoms with Crippen molar-refractivity contribution in [2.75, 3.05) is 0 Å². The third-order valence-electron chi connectivity index (χ3n) is 3.34. The Morgan fingerprint density at radius 3 is 2.76 bits per heavy atom. The van der Waals surface area contributed by atoms with Crippen molar-refractivity contribution in [3.63, 3.8) is 0 Å². The Hall–Kier alpha value is -1.23. The van der Waals surface area contributed by atoms with Crippen molar-refractivity contribution >= 4 is 50.2 Å². The Morgan fingerprint density at radius 1 is 1.24 bits per heavy atom. The van der Waals surface area contributed by atoms with Crippen LogP contribution < -0.4 is 5.76 Å². The van der Waals surface area contributed by atoms with Crippen molar-refractivity contribution < 1.29 is 4.42 Å². The summed E-state index contributed by atoms with van der Waals surface area (Å²) in [5, 5.41) is 0.221. The van der Waals surface area contributed by atoms with Crippen LogP contribution in [0.4, 0.5) is 0 Å². The monoisotopic (exact) mass is 385 g/mol. The largest absolute Gasteiger partial charge is 0.419 e. The zero-order valence-electron chi connectivity index (χ0n) is 10.9. The van der Waals surface area contributed by atoms with Gasteiger partial charge in [0, 0.05) is 16.5 Å². The lowest BCUT2D eigenvalue weighted by atomic mass is 10.0. The molecular formula is C15H10BrCl2NO2. The van der Waals surface area contributed by atoms with Gasteiger partial charge in [0.15, 0.2) is 5.58 Å². The molecule has 1 heterocycles. The van der Waals surface area contributed by atoms with Gasteiger partial charge in [-0.1, -0.05) is 33.6 Å². The number of hydrogen-bond donors (Lipinski definition) is 0. The topological polar surface area (TPSA) is 35.1 Å². The molecule has 0 saturated heterocycles. The van der Waals surface area contributed by atoms with Gasteiger partial charge in [-0.15, -0.1) is 11.6 Å². The third-order valence-corrected chi connectivity index (χ3v) is 4.78. The molecule has 0 fully saturated rings. The van der Waals surface area contributed by atoms with Crippen molar-refractivity contribution in [2.45, 2.75) is 5.38 Å². The fourth-order valence-corrected chi connectivity index (χ4v) is 3.30. The lowest BCUT2D eigenvalue weighted by Crippen LogP contribution is -2.08. The Bertz CT molecular complexity index is 885. The van der Waals surface area contributed by atoms with Crippen LogP contribution in [0, 0.1) is 0 Å². The highest BCUT2D eigenvalue weighted by Gasteiger charge is 2.16. The molecule has 21 heavy (non-hydrogen) atoms. The summed E-state index contributed by atoms with van der Waals surface area (Å²) in [6.07, 6.45) is 0. The zero-order chi connectivity index (χ0) is 15.1. The molecule has 2 aromatic carbocycles. The van der Waals surface area contributed by atoms with Gasteiger partial charge in [0.2, 0.25) is 0 Å². The van der Waals surface area contributed by atoms with E-state index in [2.05, 4.69) is 15.9 Å². The molecule has 0 amide bonds. The Labute approximate surface area is 139 Å². The van der Waals surface area contributed by atoms with Gasteiger partial charge in [-0.2, -0.15) is 0 Å². The molecule has 3 nitrogen and oxygen atoms in total. The number of aryl methyl sites for hydroxylation is 1. The maximum Gasteiger partial charge on any atom is 0.419 e. The number of nitrogens with zero attached hydrogens (tertiary/aromatic N) is 1. The van der Waals surface area contributed by atoms with Crippen LogP contribution >= 0.6 is 39.1 Å². The number of alkyl halides is 1. The lowest BCUT2D eigenvalue weighted by molar-refractivity contribution is 0.528. The van der Waals surface area contributed by atoms with E-state index in [0.29, 0.717) is 10.6 Å². The fourth-order valence-electron chi connectivity index (χ4n) is 2.20. The molecule has 0 bridgehead atoms. The van der Waals surface area contributed by atoms with E-state index in [1.54, 1.807) is 19.2 Å². The summed E-state index contributed by atoms with van der Waals surface area (Å²) >= 11 is 16.0. The summed E-state index contributed by atoms with van der Waals surface area (Å²) in [4.78, 5) is 11.5. The Balaban J connectivity index is 2.11. The van der Waals surface area contributed by atoms with Crippen molar-refractivity contribution in [1.29, 1.82) is 0 Å². The first kappa shape index (κ1) is 14.7. The molecule has 0 aliphatic carbocycles. The van der Waals surface area contributed by atoms with E-state index in [1.165, 1.54) is 4.57 Å². The molecule has 1 atom stereocenters. The number of fused-ring (bicyclic) bond motifs is 1. The van der Waals surface area contributed by atoms with Gasteiger partial charge in [0.05, 0.1) is 10.9 Å². The van der Waals surface area contributed by atoms with Gasteiger partial charge in [0.25, 0.3) is 0 Å². The molecule has 0 N–H and O–H groups in total. The van der Waals surface area contributed by atoms with E-state index in [9.17, 15) is 4.79 Å². The quantitative estimate of drug-likeness (QED) is 0.588. The van der Waals surface area contributed by atoms with Gasteiger partial charge >= 0.3 is 5.76 Å². The average Bonchev–Trinajstić information content (AvgIpc) is 2.75. The minimum atomic E-state index is -0.395. The molecule has 0 aliphatic heterocycles. The Morgan fingerprint density at radius 2 is 2.00 bits per heavy atom. The number of hydrogen-bond acceptors (Lipinski definition) is 2. The first-order valence-corrected chi connectivity index (χ1v) is 7.76. The standard InChI is InChI=1S/C15H10BrCl2NO2/c1-19-12-5-2-8(6-13(12)21-15(19)20)14(18)10-7-9(17)3-4-11(10)16/h2-7,14H,1H3. The summed E-state index contributed by atoms with van der Waals surface area (Å²) in [5.41, 5.74) is 2.95. The highest BCUT2D eigenvalue weighted by molar-refractivity contribution is 9.10. The molecule has 0 saturated carbocycles. The van der Waals surface area contributed by atoms with Crippen LogP contribution in [0.15, 0.2) is 50.1 Å². The predicted octanol–water partition coefficient (Wildman–Crippen LogP) is 4.88. The van der Waals surface area contributed by atoms with Crippen molar-refractivity contribution in [3.8, 4) is 0 Å². The molecule has 0 spiro atoms. The van der Waals surface area contributed by atoms with Crippen LogP contribution in [0.5, 0.6) is 0 Å². The summed E-state index contributed by atoms with van der Waals surface area (Å²) < 4.78 is 7.52. The van der Waals surface area contributed by atoms with E-state index in [0.717, 1.165) is 21.1 Å². The van der Waals surface area contributed by atoms with Gasteiger partial charge < -0.3 is 4.42 Å². The molecule has 6 heteroatoms. The summed E-state index contributed by atoms with van der Waals surface area (Å²) in [6.45, 7) is 0. The van der Waals surface area contributed by atoms with Gasteiger partial charge in [-0.05, 0) is 41.5 Å². The van der Waals surface area contributed by atoms with Crippen LogP contribution in [-0.4, -0.2) is 4.57 Å². The van der Waals surface area contributed by atoms with E-state index < -0.39 is 11.1 Å². The first-order chi connectivity index (χ1) is 9.97. The number of halogens is 3. The minimum Gasteiger partial charge on any atom is -0.408 e. The second-order valence-electron chi connectivity index (χ2n) is 4.68. The average molecular weight is 387 g/mol. The lowest BCUT2D eigenvalue weighted by Gasteiger charge is -2.12. The summed E-state index contributed by atoms with van der Waals surface area (Å²) in [6, 6.07) is 10.9. The second-order valence-corrected chi connectivity index (χ2v) is 6.41. The predicted molar refractivity (Wildman–Crippen MR) is 88.3 cm³/mol. The summed E-state index contributed by atoms with van der Waals surface area (Å²) in [7, 11) is 1.67. The zero-order valence-corrected chi connectivity index (χ0v) is 14.0. The van der Waals surface area contributed by atoms with E-state index in [-0.39, 0.29) is 0 Å². The van der Waals surface area contributed by atoms with Crippen LogP contribution in [0.2, 0.25) is 5.02 Å². The minimum absolute atomic E-state index is 0.391. The number of oxazole rings is 1. The van der Waals surface area contributed by atoms with Crippen LogP contribution in [0.1, 0.15) is 16.5 Å². The van der Waals surface area contributed by atoms with Gasteiger partial charge in [-0.25, -0.2) is 4.79 Å². The van der Waals surface area contributed by atoms with E-state index >= 15 is 0 Å². The van der Waals surface area contributed by atoms with Crippen LogP contribution in [0.3, 0.4) is 0 Å². The number of benzene rings is 2. The van der Waals surface area contributed by atoms with Crippen LogP contribution in [0.25, 0.3) is 11.1 Å². The molecule has 0 aliphatic rings. The first-order valence-electron chi connectivity index (χ1n) is 6.16. The highest BCUT2D eigenvalue weighted by Crippen LogP contribution is 2.36. The van der Waals surface area contributed by atoms with Gasteiger partial charge in [0.1, 0.15) is 0 Å². The third kappa shape index (κ3) is 2.63. The maximum atomic E-state index is 11.5. The molecular weight excluding hydrogens is 377 g/mol. The molecule has 0 radical (unpaired) electrons. The Kier molecular flexibility index (Phi) is 3.86. The van der Waals surface area contributed by atoms with Crippen molar-refractivity contribution in [2.24, 2.45) is 7.05 Å². The van der Waals surface area contributed by atoms with E-state index in [4.69, 9.17) is 27.6 Å². The number of aromatic nitrogens is 1. The van der Waals surface area contributed by atoms with Crippen LogP contribution in [-0.2, 0) is 7.05 Å². The second kappa shape index (κ2) is 5.52. The fraction of sp³-hybridized carbons (Fsp3) is 0.133. The molecule has 108 valence electrons. The molecule has 3 aromatic rings. The SMILES string of the molecule is Cn1c(=O)oc2cc(C(Cl)c3cc(Cl)ccc3Br)ccc21. The smallest absolute Gasteiger partial charge is 0.408 e. The van der Waals surface area contributed by atoms with Crippen molar-refractivity contribution in [3.05, 3.63) is 67.6 Å². The van der Waals surface area contributed by atoms with Gasteiger partial charge in [-0.3, -0.25) is 4.57 Å². The maximum absolute atomic E-state index is 11.5. The molecule has 3 rings (SSSR count). The molecule has 1 unspecified atom stereocenters. The number of rotatable bonds is 2. The summed E-state index contributed by atoms with van der Waals surface area (Å²) in [5.74, 6) is -0.391. The normalized spacial score (nSPS) is 12.8. The molecule has 1 aromatic heterocycles. The van der Waals surface area contributed by atoms with E-state index in [1.807, 2.05) is 24.3 Å². The highest BCUT2D eigenvalue weighted by atomic mass is 79.9.